The summed E-state index contributed by atoms with van der Waals surface area (Å²) in [5.41, 5.74) is 2.87. The summed E-state index contributed by atoms with van der Waals surface area (Å²) in [7, 11) is 3.14. The van der Waals surface area contributed by atoms with E-state index in [1.165, 1.54) is 11.8 Å². The fraction of sp³-hybridized carbons (Fsp3) is 0.200. The second kappa shape index (κ2) is 8.18. The molecule has 140 valence electrons. The molecule has 0 atom stereocenters. The van der Waals surface area contributed by atoms with E-state index in [1.807, 2.05) is 54.1 Å². The van der Waals surface area contributed by atoms with E-state index in [2.05, 4.69) is 10.3 Å². The number of imidazole rings is 1. The van der Waals surface area contributed by atoms with Crippen LogP contribution in [0.3, 0.4) is 0 Å². The first kappa shape index (κ1) is 18.8. The van der Waals surface area contributed by atoms with E-state index >= 15 is 0 Å². The molecule has 3 aromatic rings. The third kappa shape index (κ3) is 3.78. The molecule has 0 aliphatic carbocycles. The van der Waals surface area contributed by atoms with Crippen molar-refractivity contribution in [1.82, 2.24) is 9.55 Å². The fourth-order valence-electron chi connectivity index (χ4n) is 2.77. The standard InChI is InChI=1S/C20H21N3O3S/c1-13-10-17(25-2)18(26-3)11-15(13)22-19(24)16-12-21-20(27-4)23(16)14-8-6-5-7-9-14/h5-12H,1-4H3,(H,22,24). The fourth-order valence-corrected chi connectivity index (χ4v) is 3.31. The first-order valence-electron chi connectivity index (χ1n) is 8.30. The lowest BCUT2D eigenvalue weighted by Gasteiger charge is -2.15. The van der Waals surface area contributed by atoms with Gasteiger partial charge in [0.05, 0.1) is 20.4 Å². The van der Waals surface area contributed by atoms with Crippen LogP contribution in [0.25, 0.3) is 5.69 Å². The van der Waals surface area contributed by atoms with E-state index in [9.17, 15) is 4.79 Å². The van der Waals surface area contributed by atoms with E-state index in [4.69, 9.17) is 9.47 Å². The summed E-state index contributed by atoms with van der Waals surface area (Å²) >= 11 is 1.48. The zero-order chi connectivity index (χ0) is 19.4. The minimum atomic E-state index is -0.248. The Morgan fingerprint density at radius 1 is 1.11 bits per heavy atom. The molecule has 6 nitrogen and oxygen atoms in total. The highest BCUT2D eigenvalue weighted by molar-refractivity contribution is 7.98. The lowest BCUT2D eigenvalue weighted by Crippen LogP contribution is -2.17. The number of amides is 1. The molecule has 3 rings (SSSR count). The van der Waals surface area contributed by atoms with Crippen molar-refractivity contribution in [2.75, 3.05) is 25.8 Å². The summed E-state index contributed by atoms with van der Waals surface area (Å²) in [5.74, 6) is 0.925. The van der Waals surface area contributed by atoms with Gasteiger partial charge in [-0.3, -0.25) is 9.36 Å². The molecule has 0 saturated heterocycles. The Morgan fingerprint density at radius 2 is 1.78 bits per heavy atom. The van der Waals surface area contributed by atoms with Crippen LogP contribution in [0.4, 0.5) is 5.69 Å². The molecule has 0 bridgehead atoms. The molecule has 0 spiro atoms. The Bertz CT molecular complexity index is 955. The Morgan fingerprint density at radius 3 is 2.41 bits per heavy atom. The summed E-state index contributed by atoms with van der Waals surface area (Å²) in [6.07, 6.45) is 3.52. The first-order chi connectivity index (χ1) is 13.1. The molecule has 2 aromatic carbocycles. The Kier molecular flexibility index (Phi) is 5.71. The van der Waals surface area contributed by atoms with E-state index < -0.39 is 0 Å². The highest BCUT2D eigenvalue weighted by Crippen LogP contribution is 2.33. The molecule has 27 heavy (non-hydrogen) atoms. The van der Waals surface area contributed by atoms with Crippen LogP contribution in [-0.4, -0.2) is 35.9 Å². The SMILES string of the molecule is COc1cc(C)c(NC(=O)c2cnc(SC)n2-c2ccccc2)cc1OC. The predicted octanol–water partition coefficient (Wildman–Crippen LogP) is 4.17. The number of hydrogen-bond acceptors (Lipinski definition) is 5. The number of carbonyl (C=O) groups excluding carboxylic acids is 1. The van der Waals surface area contributed by atoms with E-state index in [0.29, 0.717) is 22.9 Å². The number of nitrogens with zero attached hydrogens (tertiary/aromatic N) is 2. The van der Waals surface area contributed by atoms with Gasteiger partial charge in [0.25, 0.3) is 5.91 Å². The van der Waals surface area contributed by atoms with Crippen LogP contribution < -0.4 is 14.8 Å². The number of ether oxygens (including phenoxy) is 2. The number of rotatable bonds is 6. The van der Waals surface area contributed by atoms with E-state index in [-0.39, 0.29) is 5.91 Å². The van der Waals surface area contributed by atoms with Crippen LogP contribution in [0.2, 0.25) is 0 Å². The maximum absolute atomic E-state index is 13.0. The molecular weight excluding hydrogens is 362 g/mol. The van der Waals surface area contributed by atoms with Gasteiger partial charge in [-0.2, -0.15) is 0 Å². The molecule has 0 aliphatic heterocycles. The lowest BCUT2D eigenvalue weighted by atomic mass is 10.1. The number of methoxy groups -OCH3 is 2. The van der Waals surface area contributed by atoms with Gasteiger partial charge in [0.2, 0.25) is 0 Å². The zero-order valence-electron chi connectivity index (χ0n) is 15.6. The minimum Gasteiger partial charge on any atom is -0.493 e. The van der Waals surface area contributed by atoms with Gasteiger partial charge >= 0.3 is 0 Å². The van der Waals surface area contributed by atoms with Gasteiger partial charge in [0.1, 0.15) is 5.69 Å². The van der Waals surface area contributed by atoms with Gasteiger partial charge in [0, 0.05) is 17.4 Å². The highest BCUT2D eigenvalue weighted by Gasteiger charge is 2.19. The molecule has 0 unspecified atom stereocenters. The van der Waals surface area contributed by atoms with Crippen LogP contribution >= 0.6 is 11.8 Å². The third-order valence-corrected chi connectivity index (χ3v) is 4.79. The maximum Gasteiger partial charge on any atom is 0.274 e. The second-order valence-electron chi connectivity index (χ2n) is 5.78. The molecule has 1 aromatic heterocycles. The smallest absolute Gasteiger partial charge is 0.274 e. The molecule has 0 fully saturated rings. The molecule has 0 saturated carbocycles. The largest absolute Gasteiger partial charge is 0.493 e. The average Bonchev–Trinajstić information content (AvgIpc) is 3.14. The van der Waals surface area contributed by atoms with Crippen molar-refractivity contribution in [3.8, 4) is 17.2 Å². The van der Waals surface area contributed by atoms with E-state index in [0.717, 1.165) is 16.4 Å². The number of carbonyl (C=O) groups is 1. The van der Waals surface area contributed by atoms with Crippen molar-refractivity contribution >= 4 is 23.4 Å². The molecule has 1 amide bonds. The summed E-state index contributed by atoms with van der Waals surface area (Å²) < 4.78 is 12.5. The van der Waals surface area contributed by atoms with Gasteiger partial charge in [-0.05, 0) is 36.9 Å². The number of para-hydroxylation sites is 1. The summed E-state index contributed by atoms with van der Waals surface area (Å²) in [5, 5.41) is 3.70. The number of hydrogen-bond donors (Lipinski definition) is 1. The van der Waals surface area contributed by atoms with Crippen LogP contribution in [0, 0.1) is 6.92 Å². The Hall–Kier alpha value is -2.93. The highest BCUT2D eigenvalue weighted by atomic mass is 32.2. The normalized spacial score (nSPS) is 10.5. The maximum atomic E-state index is 13.0. The number of benzene rings is 2. The third-order valence-electron chi connectivity index (χ3n) is 4.14. The van der Waals surface area contributed by atoms with Crippen LogP contribution in [0.15, 0.2) is 53.8 Å². The minimum absolute atomic E-state index is 0.248. The quantitative estimate of drug-likeness (QED) is 0.647. The number of anilines is 1. The summed E-state index contributed by atoms with van der Waals surface area (Å²) in [6.45, 7) is 1.90. The van der Waals surface area contributed by atoms with Crippen molar-refractivity contribution < 1.29 is 14.3 Å². The van der Waals surface area contributed by atoms with Crippen LogP contribution in [-0.2, 0) is 0 Å². The van der Waals surface area contributed by atoms with Crippen LogP contribution in [0.1, 0.15) is 16.1 Å². The lowest BCUT2D eigenvalue weighted by molar-refractivity contribution is 0.102. The van der Waals surface area contributed by atoms with Crippen molar-refractivity contribution in [3.05, 3.63) is 59.9 Å². The molecule has 0 radical (unpaired) electrons. The summed E-state index contributed by atoms with van der Waals surface area (Å²) in [6, 6.07) is 13.3. The molecule has 0 aliphatic rings. The van der Waals surface area contributed by atoms with Gasteiger partial charge in [0.15, 0.2) is 16.7 Å². The molecular formula is C20H21N3O3S. The van der Waals surface area contributed by atoms with Crippen molar-refractivity contribution in [2.45, 2.75) is 12.1 Å². The topological polar surface area (TPSA) is 65.4 Å². The van der Waals surface area contributed by atoms with Crippen molar-refractivity contribution in [3.63, 3.8) is 0 Å². The molecule has 7 heteroatoms. The van der Waals surface area contributed by atoms with E-state index in [1.54, 1.807) is 26.5 Å². The monoisotopic (exact) mass is 383 g/mol. The number of aryl methyl sites for hydroxylation is 1. The van der Waals surface area contributed by atoms with Gasteiger partial charge in [-0.25, -0.2) is 4.98 Å². The van der Waals surface area contributed by atoms with Gasteiger partial charge in [-0.1, -0.05) is 30.0 Å². The van der Waals surface area contributed by atoms with Gasteiger partial charge < -0.3 is 14.8 Å². The zero-order valence-corrected chi connectivity index (χ0v) is 16.5. The number of aromatic nitrogens is 2. The number of nitrogens with one attached hydrogen (secondary N) is 1. The number of thioether (sulfide) groups is 1. The Labute approximate surface area is 162 Å². The van der Waals surface area contributed by atoms with Gasteiger partial charge in [-0.15, -0.1) is 0 Å². The average molecular weight is 383 g/mol. The van der Waals surface area contributed by atoms with Crippen molar-refractivity contribution in [2.24, 2.45) is 0 Å². The first-order valence-corrected chi connectivity index (χ1v) is 9.52. The predicted molar refractivity (Wildman–Crippen MR) is 108 cm³/mol. The van der Waals surface area contributed by atoms with Crippen LogP contribution in [0.5, 0.6) is 11.5 Å². The molecule has 1 heterocycles. The second-order valence-corrected chi connectivity index (χ2v) is 6.55. The van der Waals surface area contributed by atoms with Crippen molar-refractivity contribution in [1.29, 1.82) is 0 Å². The summed E-state index contributed by atoms with van der Waals surface area (Å²) in [4.78, 5) is 17.4. The molecule has 1 N–H and O–H groups in total. The Balaban J connectivity index is 1.98.